The van der Waals surface area contributed by atoms with Gasteiger partial charge in [-0.3, -0.25) is 23.6 Å². The molecule has 0 radical (unpaired) electrons. The van der Waals surface area contributed by atoms with Crippen LogP contribution in [0.4, 0.5) is 0 Å². The van der Waals surface area contributed by atoms with Crippen LogP contribution in [0.25, 0.3) is 11.2 Å². The van der Waals surface area contributed by atoms with Crippen molar-refractivity contribution in [2.45, 2.75) is 38.8 Å². The first-order valence-corrected chi connectivity index (χ1v) is 10.7. The van der Waals surface area contributed by atoms with Crippen molar-refractivity contribution >= 4 is 28.3 Å². The predicted octanol–water partition coefficient (Wildman–Crippen LogP) is 1.29. The van der Waals surface area contributed by atoms with E-state index >= 15 is 0 Å². The second-order valence-corrected chi connectivity index (χ2v) is 8.64. The van der Waals surface area contributed by atoms with E-state index in [9.17, 15) is 14.4 Å². The number of Topliss-reactive ketones (excluding diaryl/α,β-unsaturated/α-hetero) is 1. The van der Waals surface area contributed by atoms with Gasteiger partial charge in [-0.25, -0.2) is 9.78 Å². The number of carbonyl (C=O) groups is 1. The topological polar surface area (TPSA) is 82.1 Å². The lowest BCUT2D eigenvalue weighted by Gasteiger charge is -2.26. The highest BCUT2D eigenvalue weighted by molar-refractivity contribution is 7.10. The number of imidazole rings is 1. The summed E-state index contributed by atoms with van der Waals surface area (Å²) in [6, 6.07) is 2.16. The molecule has 1 aliphatic heterocycles. The van der Waals surface area contributed by atoms with Crippen molar-refractivity contribution < 1.29 is 4.79 Å². The molecule has 0 saturated carbocycles. The number of aryl methyl sites for hydroxylation is 2. The van der Waals surface area contributed by atoms with Crippen LogP contribution in [-0.2, 0) is 38.4 Å². The van der Waals surface area contributed by atoms with Crippen molar-refractivity contribution in [1.82, 2.24) is 23.6 Å². The molecule has 0 fully saturated rings. The molecule has 9 heteroatoms. The lowest BCUT2D eigenvalue weighted by molar-refractivity contribution is -0.120. The molecule has 0 N–H and O–H groups in total. The number of nitrogens with zero attached hydrogens (tertiary/aromatic N) is 5. The summed E-state index contributed by atoms with van der Waals surface area (Å²) in [5.41, 5.74) is 1.46. The molecule has 0 spiro atoms. The average Bonchev–Trinajstić information content (AvgIpc) is 3.34. The van der Waals surface area contributed by atoms with Gasteiger partial charge >= 0.3 is 5.69 Å². The van der Waals surface area contributed by atoms with Gasteiger partial charge in [-0.1, -0.05) is 0 Å². The zero-order valence-electron chi connectivity index (χ0n) is 16.8. The van der Waals surface area contributed by atoms with E-state index < -0.39 is 0 Å². The highest BCUT2D eigenvalue weighted by atomic mass is 32.1. The van der Waals surface area contributed by atoms with E-state index in [0.29, 0.717) is 30.7 Å². The van der Waals surface area contributed by atoms with Gasteiger partial charge in [0.2, 0.25) is 0 Å². The third-order valence-electron chi connectivity index (χ3n) is 5.61. The number of unbranched alkanes of at least 4 members (excludes halogenated alkanes) is 1. The first-order chi connectivity index (χ1) is 14.0. The summed E-state index contributed by atoms with van der Waals surface area (Å²) in [6.07, 6.45) is 4.71. The average molecular weight is 416 g/mol. The van der Waals surface area contributed by atoms with E-state index in [0.717, 1.165) is 36.9 Å². The molecule has 3 aromatic rings. The Bertz CT molecular complexity index is 1170. The summed E-state index contributed by atoms with van der Waals surface area (Å²) in [5.74, 6) is 0.262. The van der Waals surface area contributed by atoms with Crippen molar-refractivity contribution in [3.63, 3.8) is 0 Å². The first kappa shape index (κ1) is 19.8. The molecule has 0 atom stereocenters. The minimum absolute atomic E-state index is 0.262. The van der Waals surface area contributed by atoms with Crippen molar-refractivity contribution in [2.24, 2.45) is 14.1 Å². The quantitative estimate of drug-likeness (QED) is 0.543. The summed E-state index contributed by atoms with van der Waals surface area (Å²) >= 11 is 1.80. The van der Waals surface area contributed by atoms with Crippen molar-refractivity contribution in [3.05, 3.63) is 49.1 Å². The SMILES string of the molecule is Cn1c(=O)c2c(ncn2CCCCC(=O)CN2CCc3sccc3C2)n(C)c1=O. The normalized spacial score (nSPS) is 14.4. The molecule has 4 heterocycles. The standard InChI is InChI=1S/C20H25N5O3S/c1-22-18-17(19(27)23(2)20(22)28)25(13-21-18)8-4-3-5-15(26)12-24-9-6-16-14(11-24)7-10-29-16/h7,10,13H,3-6,8-9,11-12H2,1-2H3. The van der Waals surface area contributed by atoms with Gasteiger partial charge in [-0.15, -0.1) is 11.3 Å². The largest absolute Gasteiger partial charge is 0.332 e. The predicted molar refractivity (Wildman–Crippen MR) is 112 cm³/mol. The van der Waals surface area contributed by atoms with Gasteiger partial charge in [-0.05, 0) is 36.3 Å². The number of ketones is 1. The molecule has 0 saturated heterocycles. The number of aromatic nitrogens is 4. The van der Waals surface area contributed by atoms with Crippen LogP contribution < -0.4 is 11.2 Å². The van der Waals surface area contributed by atoms with Gasteiger partial charge in [0.25, 0.3) is 5.56 Å². The number of thiophene rings is 1. The van der Waals surface area contributed by atoms with Gasteiger partial charge in [0.15, 0.2) is 11.2 Å². The van der Waals surface area contributed by atoms with Crippen LogP contribution in [0.15, 0.2) is 27.4 Å². The molecule has 3 aromatic heterocycles. The fourth-order valence-electron chi connectivity index (χ4n) is 3.94. The Hall–Kier alpha value is -2.52. The first-order valence-electron chi connectivity index (χ1n) is 9.86. The van der Waals surface area contributed by atoms with Gasteiger partial charge in [0.05, 0.1) is 12.9 Å². The minimum atomic E-state index is -0.384. The van der Waals surface area contributed by atoms with Crippen LogP contribution in [0.5, 0.6) is 0 Å². The van der Waals surface area contributed by atoms with Crippen molar-refractivity contribution in [3.8, 4) is 0 Å². The zero-order valence-corrected chi connectivity index (χ0v) is 17.6. The van der Waals surface area contributed by atoms with Gasteiger partial charge in [-0.2, -0.15) is 0 Å². The van der Waals surface area contributed by atoms with Crippen LogP contribution in [0, 0.1) is 0 Å². The molecule has 0 unspecified atom stereocenters. The van der Waals surface area contributed by atoms with Crippen LogP contribution >= 0.6 is 11.3 Å². The summed E-state index contributed by atoms with van der Waals surface area (Å²) in [6.45, 7) is 2.92. The highest BCUT2D eigenvalue weighted by Crippen LogP contribution is 2.23. The lowest BCUT2D eigenvalue weighted by Crippen LogP contribution is -2.37. The highest BCUT2D eigenvalue weighted by Gasteiger charge is 2.19. The van der Waals surface area contributed by atoms with E-state index in [1.807, 2.05) is 0 Å². The molecular formula is C20H25N5O3S. The Morgan fingerprint density at radius 1 is 1.21 bits per heavy atom. The van der Waals surface area contributed by atoms with Gasteiger partial charge in [0, 0.05) is 45.0 Å². The molecular weight excluding hydrogens is 390 g/mol. The van der Waals surface area contributed by atoms with Crippen LogP contribution in [0.3, 0.4) is 0 Å². The minimum Gasteiger partial charge on any atom is -0.325 e. The van der Waals surface area contributed by atoms with Crippen LogP contribution in [0.1, 0.15) is 29.7 Å². The number of fused-ring (bicyclic) bond motifs is 2. The summed E-state index contributed by atoms with van der Waals surface area (Å²) < 4.78 is 4.26. The number of hydrogen-bond donors (Lipinski definition) is 0. The maximum Gasteiger partial charge on any atom is 0.332 e. The number of rotatable bonds is 7. The molecule has 29 heavy (non-hydrogen) atoms. The van der Waals surface area contributed by atoms with Gasteiger partial charge < -0.3 is 4.57 Å². The van der Waals surface area contributed by atoms with Crippen LogP contribution in [-0.4, -0.2) is 42.5 Å². The second-order valence-electron chi connectivity index (χ2n) is 7.64. The monoisotopic (exact) mass is 415 g/mol. The smallest absolute Gasteiger partial charge is 0.325 e. The fourth-order valence-corrected chi connectivity index (χ4v) is 4.83. The van der Waals surface area contributed by atoms with Crippen LogP contribution in [0.2, 0.25) is 0 Å². The van der Waals surface area contributed by atoms with Crippen molar-refractivity contribution in [2.75, 3.05) is 13.1 Å². The van der Waals surface area contributed by atoms with E-state index in [-0.39, 0.29) is 17.0 Å². The third-order valence-corrected chi connectivity index (χ3v) is 6.63. The molecule has 0 bridgehead atoms. The molecule has 154 valence electrons. The van der Waals surface area contributed by atoms with E-state index in [4.69, 9.17) is 0 Å². The summed E-state index contributed by atoms with van der Waals surface area (Å²) in [7, 11) is 3.08. The Morgan fingerprint density at radius 2 is 2.03 bits per heavy atom. The maximum absolute atomic E-state index is 12.4. The van der Waals surface area contributed by atoms with Crippen molar-refractivity contribution in [1.29, 1.82) is 0 Å². The van der Waals surface area contributed by atoms with E-state index in [2.05, 4.69) is 21.3 Å². The molecule has 1 aliphatic rings. The zero-order chi connectivity index (χ0) is 20.5. The second kappa shape index (κ2) is 8.08. The van der Waals surface area contributed by atoms with E-state index in [1.54, 1.807) is 29.3 Å². The number of hydrogen-bond acceptors (Lipinski definition) is 6. The Morgan fingerprint density at radius 3 is 2.86 bits per heavy atom. The van der Waals surface area contributed by atoms with Gasteiger partial charge in [0.1, 0.15) is 5.78 Å². The lowest BCUT2D eigenvalue weighted by atomic mass is 10.1. The Labute approximate surface area is 172 Å². The molecule has 0 aromatic carbocycles. The number of carbonyl (C=O) groups excluding carboxylic acids is 1. The Kier molecular flexibility index (Phi) is 5.51. The third kappa shape index (κ3) is 3.84. The molecule has 0 amide bonds. The summed E-state index contributed by atoms with van der Waals surface area (Å²) in [4.78, 5) is 44.7. The van der Waals surface area contributed by atoms with E-state index in [1.165, 1.54) is 22.1 Å². The molecule has 0 aliphatic carbocycles. The fraction of sp³-hybridized carbons (Fsp3) is 0.500. The summed E-state index contributed by atoms with van der Waals surface area (Å²) in [5, 5.41) is 2.13. The maximum atomic E-state index is 12.4. The Balaban J connectivity index is 1.30. The molecule has 8 nitrogen and oxygen atoms in total. The molecule has 4 rings (SSSR count).